The van der Waals surface area contributed by atoms with Gasteiger partial charge in [0.15, 0.2) is 0 Å². The first-order valence-corrected chi connectivity index (χ1v) is 16.1. The van der Waals surface area contributed by atoms with Crippen LogP contribution in [0.4, 0.5) is 9.59 Å². The molecule has 0 N–H and O–H groups in total. The van der Waals surface area contributed by atoms with Crippen LogP contribution in [0.15, 0.2) is 73.8 Å². The highest BCUT2D eigenvalue weighted by Gasteiger charge is 2.27. The van der Waals surface area contributed by atoms with E-state index in [2.05, 4.69) is 13.2 Å². The molecule has 1 aliphatic rings. The lowest BCUT2D eigenvalue weighted by atomic mass is 9.95. The van der Waals surface area contributed by atoms with Crippen LogP contribution in [0.2, 0.25) is 0 Å². The SMILES string of the molecule is C=CC(=O)OCCCCOC(=O)Oc1ccc(C(=O)O[C@H]2CC[C@H](OC(=O)c3ccc(OC(=O)OCCCCOC(=O)C=C)cc3)CC2)cc1. The molecule has 14 heteroatoms. The van der Waals surface area contributed by atoms with Crippen molar-refractivity contribution in [3.05, 3.63) is 85.0 Å². The van der Waals surface area contributed by atoms with Crippen LogP contribution in [0.25, 0.3) is 0 Å². The molecule has 2 aromatic carbocycles. The van der Waals surface area contributed by atoms with Gasteiger partial charge in [-0.2, -0.15) is 0 Å². The fraction of sp³-hybridized carbons (Fsp3) is 0.389. The average Bonchev–Trinajstić information content (AvgIpc) is 3.12. The highest BCUT2D eigenvalue weighted by molar-refractivity contribution is 5.90. The molecule has 0 aromatic heterocycles. The van der Waals surface area contributed by atoms with E-state index in [-0.39, 0.29) is 61.3 Å². The van der Waals surface area contributed by atoms with Crippen LogP contribution in [0.5, 0.6) is 11.5 Å². The van der Waals surface area contributed by atoms with E-state index in [1.54, 1.807) is 0 Å². The Kier molecular flexibility index (Phi) is 16.6. The number of carbonyl (C=O) groups is 6. The lowest BCUT2D eigenvalue weighted by Crippen LogP contribution is -2.29. The lowest BCUT2D eigenvalue weighted by Gasteiger charge is -2.28. The number of esters is 4. The van der Waals surface area contributed by atoms with Gasteiger partial charge in [0, 0.05) is 12.2 Å². The van der Waals surface area contributed by atoms with Gasteiger partial charge >= 0.3 is 36.2 Å². The molecule has 0 heterocycles. The molecule has 1 saturated carbocycles. The zero-order valence-electron chi connectivity index (χ0n) is 27.5. The molecule has 50 heavy (non-hydrogen) atoms. The summed E-state index contributed by atoms with van der Waals surface area (Å²) >= 11 is 0. The number of hydrogen-bond acceptors (Lipinski definition) is 14. The maximum Gasteiger partial charge on any atom is 0.513 e. The highest BCUT2D eigenvalue weighted by Crippen LogP contribution is 2.26. The second kappa shape index (κ2) is 21.3. The molecule has 14 nitrogen and oxygen atoms in total. The minimum Gasteiger partial charge on any atom is -0.463 e. The Labute approximate surface area is 289 Å². The molecule has 0 radical (unpaired) electrons. The molecule has 1 aliphatic carbocycles. The van der Waals surface area contributed by atoms with Gasteiger partial charge in [0.05, 0.1) is 37.6 Å². The Bertz CT molecular complexity index is 1350. The fourth-order valence-corrected chi connectivity index (χ4v) is 4.46. The Hall–Kier alpha value is -5.66. The predicted octanol–water partition coefficient (Wildman–Crippen LogP) is 6.06. The van der Waals surface area contributed by atoms with Crippen LogP contribution in [0.1, 0.15) is 72.1 Å². The Morgan fingerprint density at radius 2 is 0.840 bits per heavy atom. The van der Waals surface area contributed by atoms with E-state index in [0.717, 1.165) is 12.2 Å². The van der Waals surface area contributed by atoms with Gasteiger partial charge in [-0.05, 0) is 99.9 Å². The second-order valence-electron chi connectivity index (χ2n) is 10.8. The van der Waals surface area contributed by atoms with Gasteiger partial charge in [-0.3, -0.25) is 0 Å². The molecule has 0 unspecified atom stereocenters. The molecule has 0 atom stereocenters. The van der Waals surface area contributed by atoms with Gasteiger partial charge in [0.1, 0.15) is 23.7 Å². The average molecular weight is 697 g/mol. The number of ether oxygens (including phenoxy) is 8. The third kappa shape index (κ3) is 14.6. The van der Waals surface area contributed by atoms with Gasteiger partial charge in [0.25, 0.3) is 0 Å². The Morgan fingerprint density at radius 1 is 0.520 bits per heavy atom. The van der Waals surface area contributed by atoms with E-state index in [4.69, 9.17) is 37.9 Å². The normalized spacial score (nSPS) is 15.0. The monoisotopic (exact) mass is 696 g/mol. The molecular weight excluding hydrogens is 656 g/mol. The molecule has 1 fully saturated rings. The topological polar surface area (TPSA) is 176 Å². The van der Waals surface area contributed by atoms with E-state index >= 15 is 0 Å². The van der Waals surface area contributed by atoms with Crippen molar-refractivity contribution >= 4 is 36.2 Å². The number of carbonyl (C=O) groups excluding carboxylic acids is 6. The van der Waals surface area contributed by atoms with Crippen LogP contribution in [0.3, 0.4) is 0 Å². The van der Waals surface area contributed by atoms with Gasteiger partial charge in [-0.1, -0.05) is 13.2 Å². The van der Waals surface area contributed by atoms with Gasteiger partial charge < -0.3 is 37.9 Å². The predicted molar refractivity (Wildman–Crippen MR) is 174 cm³/mol. The quantitative estimate of drug-likeness (QED) is 0.0578. The van der Waals surface area contributed by atoms with Crippen molar-refractivity contribution in [2.45, 2.75) is 63.6 Å². The molecule has 0 bridgehead atoms. The van der Waals surface area contributed by atoms with Crippen molar-refractivity contribution in [2.24, 2.45) is 0 Å². The van der Waals surface area contributed by atoms with E-state index in [1.807, 2.05) is 0 Å². The third-order valence-corrected chi connectivity index (χ3v) is 7.09. The maximum absolute atomic E-state index is 12.7. The van der Waals surface area contributed by atoms with Crippen molar-refractivity contribution in [1.82, 2.24) is 0 Å². The van der Waals surface area contributed by atoms with E-state index in [1.165, 1.54) is 48.5 Å². The van der Waals surface area contributed by atoms with Crippen LogP contribution in [0, 0.1) is 0 Å². The van der Waals surface area contributed by atoms with Crippen molar-refractivity contribution in [3.8, 4) is 11.5 Å². The number of benzene rings is 2. The van der Waals surface area contributed by atoms with Gasteiger partial charge in [0.2, 0.25) is 0 Å². The Balaban J connectivity index is 1.29. The molecule has 0 saturated heterocycles. The first-order valence-electron chi connectivity index (χ1n) is 16.1. The largest absolute Gasteiger partial charge is 0.513 e. The first kappa shape index (κ1) is 38.8. The number of unbranched alkanes of at least 4 members (excludes halogenated alkanes) is 2. The summed E-state index contributed by atoms with van der Waals surface area (Å²) in [6, 6.07) is 11.7. The van der Waals surface area contributed by atoms with Gasteiger partial charge in [-0.25, -0.2) is 28.8 Å². The minimum atomic E-state index is -0.903. The van der Waals surface area contributed by atoms with E-state index < -0.39 is 36.2 Å². The number of rotatable bonds is 18. The lowest BCUT2D eigenvalue weighted by molar-refractivity contribution is -0.138. The maximum atomic E-state index is 12.7. The molecule has 0 aliphatic heterocycles. The summed E-state index contributed by atoms with van der Waals surface area (Å²) in [6.07, 6.45) is 3.60. The molecule has 268 valence electrons. The standard InChI is InChI=1S/C36H40O14/c1-3-31(37)43-21-5-7-23-45-35(41)49-29-13-9-25(10-14-29)33(39)47-27-17-19-28(20-18-27)48-34(40)26-11-15-30(16-12-26)50-36(42)46-24-8-6-22-44-32(38)4-2/h3-4,9-16,27-28H,1-2,5-8,17-24H2/t27-,28-. The highest BCUT2D eigenvalue weighted by atomic mass is 16.7. The molecule has 0 spiro atoms. The second-order valence-corrected chi connectivity index (χ2v) is 10.8. The molecule has 3 rings (SSSR count). The molecule has 0 amide bonds. The van der Waals surface area contributed by atoms with Crippen LogP contribution in [-0.2, 0) is 38.0 Å². The van der Waals surface area contributed by atoms with Gasteiger partial charge in [-0.15, -0.1) is 0 Å². The summed E-state index contributed by atoms with van der Waals surface area (Å²) in [4.78, 5) is 71.0. The number of hydrogen-bond donors (Lipinski definition) is 0. The van der Waals surface area contributed by atoms with Crippen molar-refractivity contribution in [1.29, 1.82) is 0 Å². The Morgan fingerprint density at radius 3 is 1.16 bits per heavy atom. The smallest absolute Gasteiger partial charge is 0.463 e. The third-order valence-electron chi connectivity index (χ3n) is 7.09. The van der Waals surface area contributed by atoms with Crippen LogP contribution < -0.4 is 9.47 Å². The summed E-state index contributed by atoms with van der Waals surface area (Å²) in [7, 11) is 0. The zero-order chi connectivity index (χ0) is 36.1. The summed E-state index contributed by atoms with van der Waals surface area (Å²) in [5, 5.41) is 0. The van der Waals surface area contributed by atoms with Crippen LogP contribution in [-0.4, -0.2) is 74.8 Å². The van der Waals surface area contributed by atoms with Crippen molar-refractivity contribution < 1.29 is 66.7 Å². The summed E-state index contributed by atoms with van der Waals surface area (Å²) in [5.41, 5.74) is 0.551. The van der Waals surface area contributed by atoms with Crippen molar-refractivity contribution in [2.75, 3.05) is 26.4 Å². The summed E-state index contributed by atoms with van der Waals surface area (Å²) in [6.45, 7) is 7.15. The minimum absolute atomic E-state index is 0.0845. The summed E-state index contributed by atoms with van der Waals surface area (Å²) in [5.74, 6) is -1.72. The van der Waals surface area contributed by atoms with E-state index in [0.29, 0.717) is 51.4 Å². The fourth-order valence-electron chi connectivity index (χ4n) is 4.46. The summed E-state index contributed by atoms with van der Waals surface area (Å²) < 4.78 is 41.1. The first-order chi connectivity index (χ1) is 24.2. The molecular formula is C36H40O14. The van der Waals surface area contributed by atoms with Crippen LogP contribution >= 0.6 is 0 Å². The zero-order valence-corrected chi connectivity index (χ0v) is 27.5. The molecule has 2 aromatic rings. The van der Waals surface area contributed by atoms with Crippen molar-refractivity contribution in [3.63, 3.8) is 0 Å². The van der Waals surface area contributed by atoms with E-state index in [9.17, 15) is 28.8 Å².